The molecule has 2 aromatic heterocycles. The Bertz CT molecular complexity index is 1380. The van der Waals surface area contributed by atoms with Crippen molar-refractivity contribution in [2.24, 2.45) is 5.16 Å². The van der Waals surface area contributed by atoms with Crippen molar-refractivity contribution in [1.82, 2.24) is 19.8 Å². The number of thiazole rings is 1. The van der Waals surface area contributed by atoms with Crippen molar-refractivity contribution in [2.75, 3.05) is 18.6 Å². The fraction of sp³-hybridized carbons (Fsp3) is 0.238. The van der Waals surface area contributed by atoms with Crippen molar-refractivity contribution in [2.45, 2.75) is 18.0 Å². The van der Waals surface area contributed by atoms with Gasteiger partial charge in [0, 0.05) is 29.9 Å². The zero-order valence-corrected chi connectivity index (χ0v) is 20.3. The molecule has 2 amide bonds. The SMILES string of the molecule is CO/N=C(\C(=O)N[C@@H]1C(=O)N2C(C(=O)O)=C(/C=C/Cn3ccc(=O)c(O)c3)CS[C@H]12)c1csc(N)n1. The molecule has 0 aromatic carbocycles. The maximum Gasteiger partial charge on any atom is 0.352 e. The number of amides is 2. The Kier molecular flexibility index (Phi) is 7.12. The number of carbonyl (C=O) groups is 3. The van der Waals surface area contributed by atoms with Crippen LogP contribution in [0, 0.1) is 0 Å². The van der Waals surface area contributed by atoms with E-state index in [-0.39, 0.29) is 34.5 Å². The minimum atomic E-state index is -1.28. The van der Waals surface area contributed by atoms with E-state index in [9.17, 15) is 29.4 Å². The van der Waals surface area contributed by atoms with Crippen LogP contribution < -0.4 is 16.5 Å². The molecule has 0 radical (unpaired) electrons. The number of nitrogen functional groups attached to an aromatic ring is 1. The fourth-order valence-electron chi connectivity index (χ4n) is 3.62. The smallest absolute Gasteiger partial charge is 0.352 e. The molecule has 0 bridgehead atoms. The van der Waals surface area contributed by atoms with E-state index >= 15 is 0 Å². The van der Waals surface area contributed by atoms with Crippen molar-refractivity contribution in [1.29, 1.82) is 0 Å². The summed E-state index contributed by atoms with van der Waals surface area (Å²) in [5.74, 6) is -2.70. The zero-order chi connectivity index (χ0) is 26.0. The molecule has 0 spiro atoms. The molecule has 0 aliphatic carbocycles. The molecule has 2 atom stereocenters. The number of nitrogens with one attached hydrogen (secondary N) is 1. The number of carboxylic acids is 1. The number of thioether (sulfide) groups is 1. The minimum absolute atomic E-state index is 0.163. The van der Waals surface area contributed by atoms with Gasteiger partial charge in [0.25, 0.3) is 11.8 Å². The molecule has 4 heterocycles. The number of β-lactam (4-membered cyclic amide) rings is 1. The van der Waals surface area contributed by atoms with Crippen molar-refractivity contribution in [3.8, 4) is 5.75 Å². The monoisotopic (exact) mass is 532 g/mol. The Hall–Kier alpha value is -4.11. The number of nitrogens with two attached hydrogens (primary N) is 1. The second-order valence-electron chi connectivity index (χ2n) is 7.53. The summed E-state index contributed by atoms with van der Waals surface area (Å²) < 4.78 is 1.54. The molecule has 13 nitrogen and oxygen atoms in total. The highest BCUT2D eigenvalue weighted by molar-refractivity contribution is 8.00. The number of allylic oxidation sites excluding steroid dienone is 2. The number of hydrogen-bond acceptors (Lipinski definition) is 11. The van der Waals surface area contributed by atoms with Crippen LogP contribution in [0.4, 0.5) is 5.13 Å². The standard InChI is InChI=1S/C21H20N6O7S2/c1-34-25-14(11-9-36-21(22)23-11)17(30)24-15-18(31)27-16(20(32)33)10(8-35-19(15)27)3-2-5-26-6-4-12(28)13(29)7-26/h2-4,6-7,9,15,19,29H,5,8H2,1H3,(H2,22,23)(H,24,30)(H,32,33)/b3-2+,25-14-/t15-,19-/m1/s1. The van der Waals surface area contributed by atoms with Crippen molar-refractivity contribution < 1.29 is 29.4 Å². The van der Waals surface area contributed by atoms with E-state index < -0.39 is 40.4 Å². The fourth-order valence-corrected chi connectivity index (χ4v) is 5.48. The van der Waals surface area contributed by atoms with Crippen LogP contribution in [0.1, 0.15) is 5.69 Å². The van der Waals surface area contributed by atoms with E-state index in [4.69, 9.17) is 10.6 Å². The molecule has 188 valence electrons. The average molecular weight is 533 g/mol. The van der Waals surface area contributed by atoms with Gasteiger partial charge in [-0.1, -0.05) is 17.3 Å². The molecular formula is C21H20N6O7S2. The lowest BCUT2D eigenvalue weighted by Crippen LogP contribution is -2.71. The van der Waals surface area contributed by atoms with Crippen LogP contribution in [-0.4, -0.2) is 72.4 Å². The van der Waals surface area contributed by atoms with Crippen LogP contribution in [0.2, 0.25) is 0 Å². The summed E-state index contributed by atoms with van der Waals surface area (Å²) in [6, 6.07) is 0.246. The lowest BCUT2D eigenvalue weighted by Gasteiger charge is -2.49. The van der Waals surface area contributed by atoms with Crippen molar-refractivity contribution in [3.63, 3.8) is 0 Å². The first-order valence-corrected chi connectivity index (χ1v) is 12.2. The molecule has 4 rings (SSSR count). The highest BCUT2D eigenvalue weighted by Crippen LogP contribution is 2.40. The number of rotatable bonds is 8. The lowest BCUT2D eigenvalue weighted by molar-refractivity contribution is -0.150. The molecule has 5 N–H and O–H groups in total. The van der Waals surface area contributed by atoms with Gasteiger partial charge >= 0.3 is 5.97 Å². The number of nitrogens with zero attached hydrogens (tertiary/aromatic N) is 4. The number of carbonyl (C=O) groups excluding carboxylic acids is 2. The van der Waals surface area contributed by atoms with Gasteiger partial charge in [-0.25, -0.2) is 9.78 Å². The predicted molar refractivity (Wildman–Crippen MR) is 131 cm³/mol. The highest BCUT2D eigenvalue weighted by atomic mass is 32.2. The minimum Gasteiger partial charge on any atom is -0.503 e. The average Bonchev–Trinajstić information content (AvgIpc) is 3.28. The molecule has 1 fully saturated rings. The molecule has 2 aromatic rings. The third kappa shape index (κ3) is 4.83. The third-order valence-electron chi connectivity index (χ3n) is 5.24. The second kappa shape index (κ2) is 10.2. The first-order valence-electron chi connectivity index (χ1n) is 10.3. The number of pyridine rings is 1. The highest BCUT2D eigenvalue weighted by Gasteiger charge is 2.54. The van der Waals surface area contributed by atoms with E-state index in [2.05, 4.69) is 15.5 Å². The van der Waals surface area contributed by atoms with Crippen LogP contribution in [-0.2, 0) is 25.8 Å². The topological polar surface area (TPSA) is 189 Å². The summed E-state index contributed by atoms with van der Waals surface area (Å²) in [4.78, 5) is 58.9. The zero-order valence-electron chi connectivity index (χ0n) is 18.7. The number of carboxylic acid groups (broad SMARTS) is 1. The van der Waals surface area contributed by atoms with Crippen LogP contribution in [0.25, 0.3) is 0 Å². The largest absolute Gasteiger partial charge is 0.503 e. The summed E-state index contributed by atoms with van der Waals surface area (Å²) in [5.41, 5.74) is 5.38. The van der Waals surface area contributed by atoms with E-state index in [1.54, 1.807) is 16.7 Å². The molecule has 15 heteroatoms. The molecular weight excluding hydrogens is 512 g/mol. The Labute approximate surface area is 211 Å². The number of aromatic nitrogens is 2. The number of aliphatic carboxylic acids is 1. The summed E-state index contributed by atoms with van der Waals surface area (Å²) in [5, 5.41) is 26.7. The summed E-state index contributed by atoms with van der Waals surface area (Å²) in [6.45, 7) is 0.258. The number of hydrogen-bond donors (Lipinski definition) is 4. The summed E-state index contributed by atoms with van der Waals surface area (Å²) in [7, 11) is 1.26. The number of anilines is 1. The maximum absolute atomic E-state index is 12.9. The summed E-state index contributed by atoms with van der Waals surface area (Å²) in [6.07, 6.45) is 5.98. The van der Waals surface area contributed by atoms with Crippen LogP contribution in [0.5, 0.6) is 5.75 Å². The Balaban J connectivity index is 1.49. The third-order valence-corrected chi connectivity index (χ3v) is 7.22. The van der Waals surface area contributed by atoms with Gasteiger partial charge in [0.05, 0.1) is 6.20 Å². The first kappa shape index (κ1) is 25.0. The van der Waals surface area contributed by atoms with Gasteiger partial charge in [-0.3, -0.25) is 19.3 Å². The normalized spacial score (nSPS) is 19.8. The predicted octanol–water partition coefficient (Wildman–Crippen LogP) is -0.0619. The van der Waals surface area contributed by atoms with E-state index in [0.717, 1.165) is 16.2 Å². The van der Waals surface area contributed by atoms with Gasteiger partial charge in [0.2, 0.25) is 5.43 Å². The van der Waals surface area contributed by atoms with Gasteiger partial charge in [-0.05, 0) is 5.57 Å². The molecule has 1 saturated heterocycles. The van der Waals surface area contributed by atoms with Crippen LogP contribution in [0.15, 0.2) is 57.2 Å². The van der Waals surface area contributed by atoms with Gasteiger partial charge in [0.15, 0.2) is 16.6 Å². The van der Waals surface area contributed by atoms with Gasteiger partial charge in [0.1, 0.15) is 29.9 Å². The van der Waals surface area contributed by atoms with Gasteiger partial charge in [-0.15, -0.1) is 23.1 Å². The maximum atomic E-state index is 12.9. The van der Waals surface area contributed by atoms with Crippen molar-refractivity contribution in [3.05, 3.63) is 63.2 Å². The van der Waals surface area contributed by atoms with Gasteiger partial charge in [-0.2, -0.15) is 0 Å². The van der Waals surface area contributed by atoms with Crippen molar-refractivity contribution >= 4 is 51.7 Å². The van der Waals surface area contributed by atoms with E-state index in [1.165, 1.54) is 42.7 Å². The number of fused-ring (bicyclic) bond motifs is 1. The second-order valence-corrected chi connectivity index (χ2v) is 9.52. The van der Waals surface area contributed by atoms with E-state index in [0.29, 0.717) is 5.57 Å². The summed E-state index contributed by atoms with van der Waals surface area (Å²) >= 11 is 2.41. The Morgan fingerprint density at radius 3 is 2.83 bits per heavy atom. The number of oxime groups is 1. The van der Waals surface area contributed by atoms with Gasteiger partial charge < -0.3 is 30.7 Å². The number of aromatic hydroxyl groups is 1. The van der Waals surface area contributed by atoms with Crippen LogP contribution >= 0.6 is 23.1 Å². The Morgan fingerprint density at radius 1 is 1.42 bits per heavy atom. The molecule has 0 unspecified atom stereocenters. The Morgan fingerprint density at radius 2 is 2.19 bits per heavy atom. The quantitative estimate of drug-likeness (QED) is 0.204. The molecule has 0 saturated carbocycles. The first-order chi connectivity index (χ1) is 17.2. The lowest BCUT2D eigenvalue weighted by atomic mass is 10.0. The molecule has 2 aliphatic heterocycles. The molecule has 36 heavy (non-hydrogen) atoms. The molecule has 2 aliphatic rings. The van der Waals surface area contributed by atoms with Crippen LogP contribution in [0.3, 0.4) is 0 Å². The van der Waals surface area contributed by atoms with E-state index in [1.807, 2.05) is 0 Å².